The molecule has 2 aromatic carbocycles. The lowest BCUT2D eigenvalue weighted by Crippen LogP contribution is -2.22. The molecule has 2 rings (SSSR count). The van der Waals surface area contributed by atoms with Crippen molar-refractivity contribution in [1.29, 1.82) is 5.26 Å². The van der Waals surface area contributed by atoms with E-state index in [1.807, 2.05) is 6.07 Å². The maximum Gasteiger partial charge on any atom is 0.251 e. The van der Waals surface area contributed by atoms with Crippen molar-refractivity contribution in [3.63, 3.8) is 0 Å². The number of rotatable bonds is 3. The third-order valence-electron chi connectivity index (χ3n) is 2.60. The summed E-state index contributed by atoms with van der Waals surface area (Å²) in [5.41, 5.74) is 1.98. The molecule has 3 nitrogen and oxygen atoms in total. The van der Waals surface area contributed by atoms with Gasteiger partial charge in [-0.15, -0.1) is 0 Å². The first-order valence-corrected chi connectivity index (χ1v) is 6.09. The molecule has 0 saturated carbocycles. The van der Waals surface area contributed by atoms with E-state index in [1.54, 1.807) is 42.5 Å². The van der Waals surface area contributed by atoms with Crippen LogP contribution >= 0.6 is 11.6 Å². The Labute approximate surface area is 116 Å². The van der Waals surface area contributed by atoms with Crippen LogP contribution in [0.2, 0.25) is 5.02 Å². The monoisotopic (exact) mass is 270 g/mol. The smallest absolute Gasteiger partial charge is 0.251 e. The molecule has 1 N–H and O–H groups in total. The predicted molar refractivity (Wildman–Crippen MR) is 73.8 cm³/mol. The van der Waals surface area contributed by atoms with Crippen LogP contribution in [0.25, 0.3) is 0 Å². The van der Waals surface area contributed by atoms with Crippen molar-refractivity contribution in [2.24, 2.45) is 0 Å². The van der Waals surface area contributed by atoms with E-state index in [4.69, 9.17) is 16.9 Å². The van der Waals surface area contributed by atoms with Crippen LogP contribution in [-0.4, -0.2) is 5.91 Å². The molecule has 0 radical (unpaired) electrons. The minimum atomic E-state index is -0.190. The van der Waals surface area contributed by atoms with Gasteiger partial charge in [0.25, 0.3) is 5.91 Å². The number of halogens is 1. The second-order valence-corrected chi connectivity index (χ2v) is 4.44. The fourth-order valence-electron chi connectivity index (χ4n) is 1.66. The summed E-state index contributed by atoms with van der Waals surface area (Å²) in [6.07, 6.45) is 0. The molecule has 0 aromatic heterocycles. The lowest BCUT2D eigenvalue weighted by atomic mass is 10.1. The molecule has 2 aromatic rings. The SMILES string of the molecule is N#Cc1cccc(CNC(=O)c2cccc(Cl)c2)c1. The number of carbonyl (C=O) groups excluding carboxylic acids is 1. The molecule has 0 saturated heterocycles. The lowest BCUT2D eigenvalue weighted by molar-refractivity contribution is 0.0951. The Bertz CT molecular complexity index is 647. The molecule has 0 aliphatic heterocycles. The zero-order valence-corrected chi connectivity index (χ0v) is 10.8. The standard InChI is InChI=1S/C15H11ClN2O/c16-14-6-2-5-13(8-14)15(19)18-10-12-4-1-3-11(7-12)9-17/h1-8H,10H2,(H,18,19). The van der Waals surface area contributed by atoms with Gasteiger partial charge < -0.3 is 5.32 Å². The Kier molecular flexibility index (Phi) is 4.17. The molecule has 0 unspecified atom stereocenters. The van der Waals surface area contributed by atoms with Crippen LogP contribution < -0.4 is 5.32 Å². The van der Waals surface area contributed by atoms with Crippen molar-refractivity contribution in [3.8, 4) is 6.07 Å². The van der Waals surface area contributed by atoms with Gasteiger partial charge in [-0.05, 0) is 35.9 Å². The quantitative estimate of drug-likeness (QED) is 0.931. The number of carbonyl (C=O) groups is 1. The second kappa shape index (κ2) is 6.03. The number of hydrogen-bond acceptors (Lipinski definition) is 2. The number of amides is 1. The van der Waals surface area contributed by atoms with Crippen LogP contribution in [0.4, 0.5) is 0 Å². The Balaban J connectivity index is 2.02. The van der Waals surface area contributed by atoms with E-state index in [2.05, 4.69) is 11.4 Å². The Morgan fingerprint density at radius 1 is 1.21 bits per heavy atom. The van der Waals surface area contributed by atoms with Gasteiger partial charge in [0, 0.05) is 17.1 Å². The molecule has 4 heteroatoms. The van der Waals surface area contributed by atoms with E-state index in [0.29, 0.717) is 22.7 Å². The van der Waals surface area contributed by atoms with Crippen molar-refractivity contribution >= 4 is 17.5 Å². The lowest BCUT2D eigenvalue weighted by Gasteiger charge is -2.06. The number of benzene rings is 2. The molecule has 0 heterocycles. The minimum absolute atomic E-state index is 0.190. The highest BCUT2D eigenvalue weighted by atomic mass is 35.5. The van der Waals surface area contributed by atoms with Crippen molar-refractivity contribution in [3.05, 3.63) is 70.2 Å². The van der Waals surface area contributed by atoms with Crippen LogP contribution in [0.1, 0.15) is 21.5 Å². The summed E-state index contributed by atoms with van der Waals surface area (Å²) in [6.45, 7) is 0.376. The van der Waals surface area contributed by atoms with Gasteiger partial charge in [-0.25, -0.2) is 0 Å². The number of nitrogens with zero attached hydrogens (tertiary/aromatic N) is 1. The maximum absolute atomic E-state index is 11.9. The highest BCUT2D eigenvalue weighted by Crippen LogP contribution is 2.11. The first-order valence-electron chi connectivity index (χ1n) is 5.72. The van der Waals surface area contributed by atoms with E-state index in [9.17, 15) is 4.79 Å². The summed E-state index contributed by atoms with van der Waals surface area (Å²) in [5, 5.41) is 12.1. The topological polar surface area (TPSA) is 52.9 Å². The fraction of sp³-hybridized carbons (Fsp3) is 0.0667. The van der Waals surface area contributed by atoms with Gasteiger partial charge in [-0.3, -0.25) is 4.79 Å². The van der Waals surface area contributed by atoms with Crippen LogP contribution in [0.15, 0.2) is 48.5 Å². The highest BCUT2D eigenvalue weighted by Gasteiger charge is 2.05. The molecule has 0 aliphatic rings. The van der Waals surface area contributed by atoms with E-state index in [0.717, 1.165) is 5.56 Å². The Morgan fingerprint density at radius 3 is 2.74 bits per heavy atom. The zero-order chi connectivity index (χ0) is 13.7. The summed E-state index contributed by atoms with van der Waals surface area (Å²) in [4.78, 5) is 11.9. The Hall–Kier alpha value is -2.31. The second-order valence-electron chi connectivity index (χ2n) is 4.01. The maximum atomic E-state index is 11.9. The summed E-state index contributed by atoms with van der Waals surface area (Å²) in [5.74, 6) is -0.190. The van der Waals surface area contributed by atoms with Crippen LogP contribution in [0.5, 0.6) is 0 Å². The van der Waals surface area contributed by atoms with Gasteiger partial charge in [0.1, 0.15) is 0 Å². The average Bonchev–Trinajstić information content (AvgIpc) is 2.45. The molecule has 0 spiro atoms. The number of nitriles is 1. The summed E-state index contributed by atoms with van der Waals surface area (Å²) in [6, 6.07) is 15.9. The molecule has 0 bridgehead atoms. The first kappa shape index (κ1) is 13.1. The molecule has 94 valence electrons. The van der Waals surface area contributed by atoms with Crippen LogP contribution in [-0.2, 0) is 6.54 Å². The third kappa shape index (κ3) is 3.57. The number of hydrogen-bond donors (Lipinski definition) is 1. The largest absolute Gasteiger partial charge is 0.348 e. The van der Waals surface area contributed by atoms with Gasteiger partial charge in [0.05, 0.1) is 11.6 Å². The normalized spacial score (nSPS) is 9.68. The molecule has 0 fully saturated rings. The van der Waals surface area contributed by atoms with Crippen LogP contribution in [0.3, 0.4) is 0 Å². The van der Waals surface area contributed by atoms with E-state index >= 15 is 0 Å². The van der Waals surface area contributed by atoms with Crippen LogP contribution in [0, 0.1) is 11.3 Å². The summed E-state index contributed by atoms with van der Waals surface area (Å²) >= 11 is 5.83. The first-order chi connectivity index (χ1) is 9.19. The van der Waals surface area contributed by atoms with Gasteiger partial charge in [-0.1, -0.05) is 29.8 Å². The predicted octanol–water partition coefficient (Wildman–Crippen LogP) is 3.14. The van der Waals surface area contributed by atoms with Gasteiger partial charge >= 0.3 is 0 Å². The molecule has 1 amide bonds. The van der Waals surface area contributed by atoms with E-state index in [1.165, 1.54) is 0 Å². The third-order valence-corrected chi connectivity index (χ3v) is 2.83. The molecular weight excluding hydrogens is 260 g/mol. The molecule has 0 aliphatic carbocycles. The molecule has 19 heavy (non-hydrogen) atoms. The van der Waals surface area contributed by atoms with Gasteiger partial charge in [0.2, 0.25) is 0 Å². The van der Waals surface area contributed by atoms with Crippen molar-refractivity contribution in [2.75, 3.05) is 0 Å². The Morgan fingerprint density at radius 2 is 2.00 bits per heavy atom. The van der Waals surface area contributed by atoms with Crippen molar-refractivity contribution < 1.29 is 4.79 Å². The molecular formula is C15H11ClN2O. The highest BCUT2D eigenvalue weighted by molar-refractivity contribution is 6.30. The average molecular weight is 271 g/mol. The van der Waals surface area contributed by atoms with Gasteiger partial charge in [-0.2, -0.15) is 5.26 Å². The van der Waals surface area contributed by atoms with E-state index in [-0.39, 0.29) is 5.91 Å². The van der Waals surface area contributed by atoms with Crippen molar-refractivity contribution in [1.82, 2.24) is 5.32 Å². The van der Waals surface area contributed by atoms with Gasteiger partial charge in [0.15, 0.2) is 0 Å². The fourth-order valence-corrected chi connectivity index (χ4v) is 1.86. The minimum Gasteiger partial charge on any atom is -0.348 e. The van der Waals surface area contributed by atoms with E-state index < -0.39 is 0 Å². The number of nitrogens with one attached hydrogen (secondary N) is 1. The van der Waals surface area contributed by atoms with Crippen molar-refractivity contribution in [2.45, 2.75) is 6.54 Å². The summed E-state index contributed by atoms with van der Waals surface area (Å²) in [7, 11) is 0. The zero-order valence-electron chi connectivity index (χ0n) is 10.1. The summed E-state index contributed by atoms with van der Waals surface area (Å²) < 4.78 is 0. The molecule has 0 atom stereocenters.